The minimum atomic E-state index is -0.423. The average Bonchev–Trinajstić information content (AvgIpc) is 2.28. The highest BCUT2D eigenvalue weighted by molar-refractivity contribution is 5.76. The van der Waals surface area contributed by atoms with Gasteiger partial charge in [0.05, 0.1) is 13.0 Å². The van der Waals surface area contributed by atoms with Crippen LogP contribution in [0, 0.1) is 5.82 Å². The monoisotopic (exact) mass is 254 g/mol. The molecule has 0 atom stereocenters. The predicted molar refractivity (Wildman–Crippen MR) is 67.8 cm³/mol. The molecule has 1 aromatic carbocycles. The van der Waals surface area contributed by atoms with Crippen LogP contribution in [0.1, 0.15) is 20.3 Å². The Morgan fingerprint density at radius 1 is 1.39 bits per heavy atom. The van der Waals surface area contributed by atoms with E-state index in [0.29, 0.717) is 12.3 Å². The van der Waals surface area contributed by atoms with Crippen molar-refractivity contribution in [1.29, 1.82) is 0 Å². The molecule has 0 bridgehead atoms. The second kappa shape index (κ2) is 6.35. The van der Waals surface area contributed by atoms with Gasteiger partial charge in [0.2, 0.25) is 5.91 Å². The number of rotatable bonds is 6. The van der Waals surface area contributed by atoms with E-state index in [1.165, 1.54) is 24.3 Å². The van der Waals surface area contributed by atoms with Crippen LogP contribution < -0.4 is 15.8 Å². The molecule has 0 aliphatic carbocycles. The third-order valence-electron chi connectivity index (χ3n) is 2.15. The first kappa shape index (κ1) is 14.4. The number of ether oxygens (including phenoxy) is 1. The zero-order chi connectivity index (χ0) is 13.6. The van der Waals surface area contributed by atoms with E-state index in [1.807, 2.05) is 13.8 Å². The van der Waals surface area contributed by atoms with Crippen LogP contribution in [0.2, 0.25) is 0 Å². The third-order valence-corrected chi connectivity index (χ3v) is 2.15. The summed E-state index contributed by atoms with van der Waals surface area (Å²) < 4.78 is 17.9. The summed E-state index contributed by atoms with van der Waals surface area (Å²) in [5.74, 6) is 0.115. The van der Waals surface area contributed by atoms with E-state index in [2.05, 4.69) is 5.32 Å². The van der Waals surface area contributed by atoms with Gasteiger partial charge in [-0.25, -0.2) is 4.39 Å². The highest BCUT2D eigenvalue weighted by atomic mass is 19.1. The maximum atomic E-state index is 12.6. The Kier molecular flexibility index (Phi) is 5.09. The summed E-state index contributed by atoms with van der Waals surface area (Å²) in [4.78, 5) is 11.4. The molecule has 0 saturated heterocycles. The summed E-state index contributed by atoms with van der Waals surface area (Å²) in [6.07, 6.45) is 0.244. The molecule has 1 amide bonds. The number of hydrogen-bond acceptors (Lipinski definition) is 3. The van der Waals surface area contributed by atoms with Gasteiger partial charge >= 0.3 is 0 Å². The molecule has 4 nitrogen and oxygen atoms in total. The minimum Gasteiger partial charge on any atom is -0.493 e. The molecule has 0 aromatic heterocycles. The van der Waals surface area contributed by atoms with Crippen LogP contribution >= 0.6 is 0 Å². The Hall–Kier alpha value is -1.62. The molecule has 0 saturated carbocycles. The van der Waals surface area contributed by atoms with Crippen LogP contribution in [0.25, 0.3) is 0 Å². The lowest BCUT2D eigenvalue weighted by molar-refractivity contribution is -0.121. The van der Waals surface area contributed by atoms with Crippen molar-refractivity contribution in [3.05, 3.63) is 30.1 Å². The second-order valence-corrected chi connectivity index (χ2v) is 4.82. The lowest BCUT2D eigenvalue weighted by Gasteiger charge is -2.18. The highest BCUT2D eigenvalue weighted by Gasteiger charge is 2.11. The number of halogens is 1. The van der Waals surface area contributed by atoms with Crippen molar-refractivity contribution in [2.45, 2.75) is 25.8 Å². The van der Waals surface area contributed by atoms with Crippen molar-refractivity contribution in [2.24, 2.45) is 5.73 Å². The molecule has 1 rings (SSSR count). The smallest absolute Gasteiger partial charge is 0.223 e. The van der Waals surface area contributed by atoms with Crippen molar-refractivity contribution in [3.63, 3.8) is 0 Å². The maximum absolute atomic E-state index is 12.6. The first-order valence-electron chi connectivity index (χ1n) is 5.81. The minimum absolute atomic E-state index is 0.115. The lowest BCUT2D eigenvalue weighted by atomic mass is 10.1. The predicted octanol–water partition coefficient (Wildman–Crippen LogP) is 1.45. The Morgan fingerprint density at radius 2 is 2.00 bits per heavy atom. The van der Waals surface area contributed by atoms with Crippen LogP contribution in [0.3, 0.4) is 0 Å². The Bertz CT molecular complexity index is 385. The molecule has 0 heterocycles. The number of carbonyl (C=O) groups is 1. The standard InChI is InChI=1S/C13H19FN2O2/c1-13(2,15)9-16-12(17)7-8-18-11-5-3-10(14)4-6-11/h3-6H,7-9,15H2,1-2H3,(H,16,17). The van der Waals surface area contributed by atoms with E-state index in [1.54, 1.807) is 0 Å². The van der Waals surface area contributed by atoms with Gasteiger partial charge in [-0.3, -0.25) is 4.79 Å². The fourth-order valence-corrected chi connectivity index (χ4v) is 1.21. The van der Waals surface area contributed by atoms with Gasteiger partial charge in [0.1, 0.15) is 11.6 Å². The van der Waals surface area contributed by atoms with E-state index >= 15 is 0 Å². The summed E-state index contributed by atoms with van der Waals surface area (Å²) in [7, 11) is 0. The van der Waals surface area contributed by atoms with E-state index in [0.717, 1.165) is 0 Å². The van der Waals surface area contributed by atoms with Crippen molar-refractivity contribution < 1.29 is 13.9 Å². The molecule has 0 aliphatic heterocycles. The molecular weight excluding hydrogens is 235 g/mol. The quantitative estimate of drug-likeness (QED) is 0.807. The molecule has 1 aromatic rings. The van der Waals surface area contributed by atoms with Crippen LogP contribution in [-0.4, -0.2) is 24.6 Å². The number of nitrogens with one attached hydrogen (secondary N) is 1. The number of carbonyl (C=O) groups excluding carboxylic acids is 1. The fourth-order valence-electron chi connectivity index (χ4n) is 1.21. The first-order chi connectivity index (χ1) is 8.37. The molecule has 0 fully saturated rings. The molecule has 0 unspecified atom stereocenters. The van der Waals surface area contributed by atoms with Gasteiger partial charge in [0, 0.05) is 12.1 Å². The zero-order valence-electron chi connectivity index (χ0n) is 10.7. The van der Waals surface area contributed by atoms with E-state index in [4.69, 9.17) is 10.5 Å². The van der Waals surface area contributed by atoms with E-state index < -0.39 is 5.54 Å². The topological polar surface area (TPSA) is 64.3 Å². The van der Waals surface area contributed by atoms with Gasteiger partial charge in [-0.2, -0.15) is 0 Å². The van der Waals surface area contributed by atoms with Gasteiger partial charge in [-0.1, -0.05) is 0 Å². The summed E-state index contributed by atoms with van der Waals surface area (Å²) in [5.41, 5.74) is 5.31. The molecular formula is C13H19FN2O2. The first-order valence-corrected chi connectivity index (χ1v) is 5.81. The van der Waals surface area contributed by atoms with Crippen molar-refractivity contribution >= 4 is 5.91 Å². The number of hydrogen-bond donors (Lipinski definition) is 2. The van der Waals surface area contributed by atoms with Crippen LogP contribution in [-0.2, 0) is 4.79 Å². The van der Waals surface area contributed by atoms with Crippen LogP contribution in [0.15, 0.2) is 24.3 Å². The molecule has 0 aliphatic rings. The molecule has 100 valence electrons. The Labute approximate surface area is 106 Å². The van der Waals surface area contributed by atoms with Crippen LogP contribution in [0.5, 0.6) is 5.75 Å². The van der Waals surface area contributed by atoms with Gasteiger partial charge < -0.3 is 15.8 Å². The number of nitrogens with two attached hydrogens (primary N) is 1. The Balaban J connectivity index is 2.21. The number of benzene rings is 1. The van der Waals surface area contributed by atoms with E-state index in [-0.39, 0.29) is 24.8 Å². The molecule has 0 radical (unpaired) electrons. The molecule has 18 heavy (non-hydrogen) atoms. The lowest BCUT2D eigenvalue weighted by Crippen LogP contribution is -2.45. The normalized spacial score (nSPS) is 11.1. The summed E-state index contributed by atoms with van der Waals surface area (Å²) in [6, 6.07) is 5.67. The maximum Gasteiger partial charge on any atom is 0.223 e. The number of amides is 1. The summed E-state index contributed by atoms with van der Waals surface area (Å²) in [6.45, 7) is 4.34. The summed E-state index contributed by atoms with van der Waals surface area (Å²) in [5, 5.41) is 2.71. The van der Waals surface area contributed by atoms with Gasteiger partial charge in [-0.15, -0.1) is 0 Å². The zero-order valence-corrected chi connectivity index (χ0v) is 10.7. The van der Waals surface area contributed by atoms with Crippen molar-refractivity contribution in [1.82, 2.24) is 5.32 Å². The largest absolute Gasteiger partial charge is 0.493 e. The highest BCUT2D eigenvalue weighted by Crippen LogP contribution is 2.11. The second-order valence-electron chi connectivity index (χ2n) is 4.82. The van der Waals surface area contributed by atoms with Gasteiger partial charge in [-0.05, 0) is 38.1 Å². The molecule has 5 heteroatoms. The summed E-state index contributed by atoms with van der Waals surface area (Å²) >= 11 is 0. The van der Waals surface area contributed by atoms with Crippen LogP contribution in [0.4, 0.5) is 4.39 Å². The third kappa shape index (κ3) is 6.20. The van der Waals surface area contributed by atoms with Gasteiger partial charge in [0.15, 0.2) is 0 Å². The molecule has 0 spiro atoms. The van der Waals surface area contributed by atoms with Crippen molar-refractivity contribution in [3.8, 4) is 5.75 Å². The average molecular weight is 254 g/mol. The molecule has 3 N–H and O–H groups in total. The van der Waals surface area contributed by atoms with Gasteiger partial charge in [0.25, 0.3) is 0 Å². The fraction of sp³-hybridized carbons (Fsp3) is 0.462. The van der Waals surface area contributed by atoms with E-state index in [9.17, 15) is 9.18 Å². The SMILES string of the molecule is CC(C)(N)CNC(=O)CCOc1ccc(F)cc1. The Morgan fingerprint density at radius 3 is 2.56 bits per heavy atom. The van der Waals surface area contributed by atoms with Crippen molar-refractivity contribution in [2.75, 3.05) is 13.2 Å².